The van der Waals surface area contributed by atoms with E-state index in [0.29, 0.717) is 11.3 Å². The van der Waals surface area contributed by atoms with Crippen LogP contribution in [0.4, 0.5) is 5.69 Å². The number of benzene rings is 3. The van der Waals surface area contributed by atoms with Crippen LogP contribution in [0.15, 0.2) is 54.6 Å². The summed E-state index contributed by atoms with van der Waals surface area (Å²) in [6.45, 7) is 0. The van der Waals surface area contributed by atoms with Crippen LogP contribution < -0.4 is 26.2 Å². The number of nitrogens with one attached hydrogen (secondary N) is 3. The van der Waals surface area contributed by atoms with E-state index in [1.165, 1.54) is 25.2 Å². The Bertz CT molecular complexity index is 1340. The maximum absolute atomic E-state index is 13.2. The Kier molecular flexibility index (Phi) is 8.65. The fourth-order valence-electron chi connectivity index (χ4n) is 4.94. The summed E-state index contributed by atoms with van der Waals surface area (Å²) < 4.78 is 5.24. The van der Waals surface area contributed by atoms with Crippen LogP contribution in [0.2, 0.25) is 0 Å². The number of fused-ring (bicyclic) bond motifs is 1. The molecule has 4 rings (SSSR count). The van der Waals surface area contributed by atoms with E-state index in [-0.39, 0.29) is 28.5 Å². The van der Waals surface area contributed by atoms with Crippen molar-refractivity contribution < 1.29 is 29.2 Å². The van der Waals surface area contributed by atoms with Gasteiger partial charge in [-0.1, -0.05) is 31.4 Å². The van der Waals surface area contributed by atoms with Crippen LogP contribution in [-0.2, 0) is 4.79 Å². The first-order valence-electron chi connectivity index (χ1n) is 12.7. The van der Waals surface area contributed by atoms with E-state index in [1.54, 1.807) is 25.3 Å². The third-order valence-corrected chi connectivity index (χ3v) is 7.02. The van der Waals surface area contributed by atoms with Gasteiger partial charge in [-0.15, -0.1) is 0 Å². The quantitative estimate of drug-likeness (QED) is 0.291. The molecule has 5 N–H and O–H groups in total. The molecule has 1 saturated carbocycles. The molecule has 0 aromatic heterocycles. The highest BCUT2D eigenvalue weighted by Crippen LogP contribution is 2.27. The molecule has 1 aliphatic rings. The molecule has 0 radical (unpaired) electrons. The molecular weight excluding hydrogens is 485 g/mol. The first-order valence-corrected chi connectivity index (χ1v) is 12.7. The second-order valence-corrected chi connectivity index (χ2v) is 9.56. The fraction of sp³-hybridized carbons (Fsp3) is 0.321. The molecule has 38 heavy (non-hydrogen) atoms. The van der Waals surface area contributed by atoms with E-state index in [0.717, 1.165) is 42.9 Å². The molecule has 0 saturated heterocycles. The number of rotatable bonds is 8. The highest BCUT2D eigenvalue weighted by Gasteiger charge is 2.31. The number of hydrogen-bond donors (Lipinski definition) is 5. The van der Waals surface area contributed by atoms with Crippen molar-refractivity contribution in [3.8, 4) is 5.75 Å². The highest BCUT2D eigenvalue weighted by molar-refractivity contribution is 6.58. The van der Waals surface area contributed by atoms with Crippen molar-refractivity contribution in [3.05, 3.63) is 65.7 Å². The first-order chi connectivity index (χ1) is 18.3. The summed E-state index contributed by atoms with van der Waals surface area (Å²) in [4.78, 5) is 38.8. The average molecular weight is 517 g/mol. The SMILES string of the molecule is CNC(=O)[C@@H](NC(=O)c1cc(NC(=O)c2ccc3cc(OC)ccc3c2)cc(B(O)O)c1)C1CCCCC1. The van der Waals surface area contributed by atoms with Gasteiger partial charge in [-0.25, -0.2) is 0 Å². The molecule has 198 valence electrons. The van der Waals surface area contributed by atoms with Crippen LogP contribution in [0.1, 0.15) is 52.8 Å². The van der Waals surface area contributed by atoms with Crippen LogP contribution in [-0.4, -0.2) is 55.1 Å². The van der Waals surface area contributed by atoms with Gasteiger partial charge in [0.05, 0.1) is 7.11 Å². The molecule has 10 heteroatoms. The summed E-state index contributed by atoms with van der Waals surface area (Å²) in [5, 5.41) is 29.6. The van der Waals surface area contributed by atoms with Gasteiger partial charge in [-0.3, -0.25) is 14.4 Å². The van der Waals surface area contributed by atoms with Gasteiger partial charge < -0.3 is 30.7 Å². The number of amides is 3. The molecular formula is C28H32BN3O6. The molecule has 0 aliphatic heterocycles. The zero-order valence-corrected chi connectivity index (χ0v) is 21.5. The van der Waals surface area contributed by atoms with Crippen molar-refractivity contribution in [1.29, 1.82) is 0 Å². The van der Waals surface area contributed by atoms with Gasteiger partial charge >= 0.3 is 7.12 Å². The average Bonchev–Trinajstić information content (AvgIpc) is 2.94. The second kappa shape index (κ2) is 12.1. The standard InChI is InChI=1S/C28H32BN3O6/c1-30-28(35)25(17-6-4-3-5-7-17)32-27(34)21-13-22(29(36)37)16-23(14-21)31-26(33)20-9-8-19-15-24(38-2)11-10-18(19)12-20/h8-17,25,36-37H,3-7H2,1-2H3,(H,30,35)(H,31,33)(H,32,34)/t25-/m0/s1. The van der Waals surface area contributed by atoms with E-state index in [2.05, 4.69) is 16.0 Å². The molecule has 1 fully saturated rings. The zero-order valence-electron chi connectivity index (χ0n) is 21.5. The molecule has 3 aromatic carbocycles. The maximum atomic E-state index is 13.2. The largest absolute Gasteiger partial charge is 0.497 e. The molecule has 0 unspecified atom stereocenters. The van der Waals surface area contributed by atoms with Gasteiger partial charge in [0.1, 0.15) is 11.8 Å². The van der Waals surface area contributed by atoms with E-state index < -0.39 is 25.0 Å². The predicted molar refractivity (Wildman–Crippen MR) is 147 cm³/mol. The molecule has 0 heterocycles. The van der Waals surface area contributed by atoms with E-state index >= 15 is 0 Å². The van der Waals surface area contributed by atoms with Crippen LogP contribution >= 0.6 is 0 Å². The topological polar surface area (TPSA) is 137 Å². The monoisotopic (exact) mass is 517 g/mol. The third kappa shape index (κ3) is 6.32. The molecule has 1 aliphatic carbocycles. The lowest BCUT2D eigenvalue weighted by molar-refractivity contribution is -0.124. The molecule has 0 spiro atoms. The Balaban J connectivity index is 1.57. The van der Waals surface area contributed by atoms with Crippen molar-refractivity contribution in [1.82, 2.24) is 10.6 Å². The first kappa shape index (κ1) is 27.2. The number of hydrogen-bond acceptors (Lipinski definition) is 6. The Hall–Kier alpha value is -3.89. The lowest BCUT2D eigenvalue weighted by atomic mass is 9.79. The summed E-state index contributed by atoms with van der Waals surface area (Å²) in [5.41, 5.74) is 0.740. The maximum Gasteiger partial charge on any atom is 0.488 e. The number of anilines is 1. The van der Waals surface area contributed by atoms with Gasteiger partial charge in [0.15, 0.2) is 0 Å². The molecule has 0 bridgehead atoms. The molecule has 9 nitrogen and oxygen atoms in total. The number of carbonyl (C=O) groups is 3. The smallest absolute Gasteiger partial charge is 0.488 e. The second-order valence-electron chi connectivity index (χ2n) is 9.56. The van der Waals surface area contributed by atoms with Gasteiger partial charge in [-0.05, 0) is 77.5 Å². The van der Waals surface area contributed by atoms with Crippen LogP contribution in [0, 0.1) is 5.92 Å². The molecule has 3 amide bonds. The van der Waals surface area contributed by atoms with Crippen LogP contribution in [0.25, 0.3) is 10.8 Å². The van der Waals surface area contributed by atoms with Crippen molar-refractivity contribution in [3.63, 3.8) is 0 Å². The van der Waals surface area contributed by atoms with E-state index in [4.69, 9.17) is 4.74 Å². The zero-order chi connectivity index (χ0) is 27.2. The van der Waals surface area contributed by atoms with Crippen LogP contribution in [0.5, 0.6) is 5.75 Å². The summed E-state index contributed by atoms with van der Waals surface area (Å²) in [6.07, 6.45) is 4.79. The van der Waals surface area contributed by atoms with Gasteiger partial charge in [0.2, 0.25) is 5.91 Å². The number of ether oxygens (including phenoxy) is 1. The van der Waals surface area contributed by atoms with Crippen LogP contribution in [0.3, 0.4) is 0 Å². The molecule has 3 aromatic rings. The Labute approximate surface area is 221 Å². The lowest BCUT2D eigenvalue weighted by Crippen LogP contribution is -2.50. The summed E-state index contributed by atoms with van der Waals surface area (Å²) in [5.74, 6) is -0.509. The third-order valence-electron chi connectivity index (χ3n) is 7.02. The minimum Gasteiger partial charge on any atom is -0.497 e. The van der Waals surface area contributed by atoms with Crippen molar-refractivity contribution in [2.75, 3.05) is 19.5 Å². The van der Waals surface area contributed by atoms with E-state index in [9.17, 15) is 24.4 Å². The number of likely N-dealkylation sites (N-methyl/N-ethyl adjacent to an activating group) is 1. The Morgan fingerprint density at radius 1 is 0.895 bits per heavy atom. The predicted octanol–water partition coefficient (Wildman–Crippen LogP) is 2.21. The summed E-state index contributed by atoms with van der Waals surface area (Å²) in [6, 6.07) is 14.2. The fourth-order valence-corrected chi connectivity index (χ4v) is 4.94. The highest BCUT2D eigenvalue weighted by atomic mass is 16.5. The van der Waals surface area contributed by atoms with Crippen molar-refractivity contribution in [2.24, 2.45) is 5.92 Å². The summed E-state index contributed by atoms with van der Waals surface area (Å²) >= 11 is 0. The lowest BCUT2D eigenvalue weighted by Gasteiger charge is -2.29. The summed E-state index contributed by atoms with van der Waals surface area (Å²) in [7, 11) is 1.26. The van der Waals surface area contributed by atoms with Gasteiger partial charge in [0.25, 0.3) is 11.8 Å². The van der Waals surface area contributed by atoms with Crippen molar-refractivity contribution >= 4 is 46.8 Å². The number of carbonyl (C=O) groups excluding carboxylic acids is 3. The van der Waals surface area contributed by atoms with E-state index in [1.807, 2.05) is 18.2 Å². The van der Waals surface area contributed by atoms with Crippen molar-refractivity contribution in [2.45, 2.75) is 38.1 Å². The Morgan fingerprint density at radius 2 is 1.61 bits per heavy atom. The normalized spacial score (nSPS) is 14.4. The number of methoxy groups -OCH3 is 1. The minimum atomic E-state index is -1.86. The van der Waals surface area contributed by atoms with Gasteiger partial charge in [0, 0.05) is 23.9 Å². The molecule has 1 atom stereocenters. The van der Waals surface area contributed by atoms with Gasteiger partial charge in [-0.2, -0.15) is 0 Å². The Morgan fingerprint density at radius 3 is 2.29 bits per heavy atom. The minimum absolute atomic E-state index is 0.0197.